The maximum atomic E-state index is 13.0. The first-order valence-corrected chi connectivity index (χ1v) is 11.5. The van der Waals surface area contributed by atoms with Crippen LogP contribution in [0.5, 0.6) is 0 Å². The van der Waals surface area contributed by atoms with Crippen molar-refractivity contribution in [1.82, 2.24) is 4.72 Å². The van der Waals surface area contributed by atoms with Crippen LogP contribution in [0.1, 0.15) is 33.3 Å². The van der Waals surface area contributed by atoms with Crippen molar-refractivity contribution in [2.24, 2.45) is 16.8 Å². The van der Waals surface area contributed by atoms with Crippen LogP contribution in [0.25, 0.3) is 0 Å². The van der Waals surface area contributed by atoms with Crippen LogP contribution >= 0.6 is 0 Å². The second-order valence-electron chi connectivity index (χ2n) is 7.98. The Morgan fingerprint density at radius 1 is 0.903 bits per heavy atom. The van der Waals surface area contributed by atoms with Crippen molar-refractivity contribution in [3.05, 3.63) is 54.1 Å². The number of carbonyl (C=O) groups excluding carboxylic acids is 2. The molecule has 2 aromatic carbocycles. The molecule has 3 rings (SSSR count). The van der Waals surface area contributed by atoms with Crippen LogP contribution in [0.4, 0.5) is 11.4 Å². The van der Waals surface area contributed by atoms with Gasteiger partial charge in [0.05, 0.1) is 4.90 Å². The highest BCUT2D eigenvalue weighted by molar-refractivity contribution is 7.90. The van der Waals surface area contributed by atoms with E-state index in [0.29, 0.717) is 16.9 Å². The summed E-state index contributed by atoms with van der Waals surface area (Å²) < 4.78 is 27.1. The number of benzene rings is 2. The number of fused-ring (bicyclic) bond motifs is 1. The molecule has 0 aromatic heterocycles. The molecule has 0 unspecified atom stereocenters. The van der Waals surface area contributed by atoms with Gasteiger partial charge in [0.25, 0.3) is 10.0 Å². The van der Waals surface area contributed by atoms with Crippen LogP contribution in [0.2, 0.25) is 0 Å². The fourth-order valence-electron chi connectivity index (χ4n) is 3.06. The molecule has 2 amide bonds. The number of anilines is 2. The molecular weight excluding hydrogens is 416 g/mol. The highest BCUT2D eigenvalue weighted by Gasteiger charge is 2.32. The van der Waals surface area contributed by atoms with E-state index < -0.39 is 16.1 Å². The summed E-state index contributed by atoms with van der Waals surface area (Å²) in [7, 11) is -3.69. The molecule has 164 valence electrons. The Bertz CT molecular complexity index is 1140. The zero-order chi connectivity index (χ0) is 22.8. The van der Waals surface area contributed by atoms with Gasteiger partial charge in [-0.15, -0.1) is 0 Å². The zero-order valence-electron chi connectivity index (χ0n) is 17.8. The Balaban J connectivity index is 1.83. The molecule has 0 saturated heterocycles. The Morgan fingerprint density at radius 2 is 1.52 bits per heavy atom. The number of sulfonamides is 1. The second kappa shape index (κ2) is 8.89. The Kier molecular flexibility index (Phi) is 6.45. The van der Waals surface area contributed by atoms with E-state index in [9.17, 15) is 18.0 Å². The summed E-state index contributed by atoms with van der Waals surface area (Å²) in [5, 5.41) is 5.60. The molecule has 0 bridgehead atoms. The average Bonchev–Trinajstić information content (AvgIpc) is 2.96. The Morgan fingerprint density at radius 3 is 2.13 bits per heavy atom. The van der Waals surface area contributed by atoms with Crippen molar-refractivity contribution < 1.29 is 18.0 Å². The molecule has 2 aromatic rings. The molecular formula is C22H26N4O4S. The number of hydrogen-bond acceptors (Lipinski definition) is 5. The SMILES string of the molecule is CC(C)C(=O)Nc1cccc(NC(=O)[C@@H](N=C2NS(=O)(=O)c3ccccc32)C(C)C)c1. The number of carbonyl (C=O) groups is 2. The fourth-order valence-corrected chi connectivity index (χ4v) is 4.30. The molecule has 0 spiro atoms. The quantitative estimate of drug-likeness (QED) is 0.637. The van der Waals surface area contributed by atoms with Crippen LogP contribution in [-0.4, -0.2) is 32.1 Å². The molecule has 8 nitrogen and oxygen atoms in total. The summed E-state index contributed by atoms with van der Waals surface area (Å²) >= 11 is 0. The maximum absolute atomic E-state index is 13.0. The smallest absolute Gasteiger partial charge is 0.263 e. The average molecular weight is 443 g/mol. The van der Waals surface area contributed by atoms with Gasteiger partial charge in [-0.25, -0.2) is 8.42 Å². The zero-order valence-corrected chi connectivity index (χ0v) is 18.7. The molecule has 0 saturated carbocycles. The van der Waals surface area contributed by atoms with Gasteiger partial charge in [-0.3, -0.25) is 19.3 Å². The molecule has 9 heteroatoms. The van der Waals surface area contributed by atoms with Gasteiger partial charge < -0.3 is 10.6 Å². The molecule has 1 aliphatic rings. The number of nitrogens with zero attached hydrogens (tertiary/aromatic N) is 1. The molecule has 0 aliphatic carbocycles. The van der Waals surface area contributed by atoms with Crippen molar-refractivity contribution in [1.29, 1.82) is 0 Å². The molecule has 1 aliphatic heterocycles. The van der Waals surface area contributed by atoms with Gasteiger partial charge in [-0.05, 0) is 36.2 Å². The van der Waals surface area contributed by atoms with Gasteiger partial charge in [-0.1, -0.05) is 45.9 Å². The van der Waals surface area contributed by atoms with Crippen LogP contribution in [0.3, 0.4) is 0 Å². The van der Waals surface area contributed by atoms with Gasteiger partial charge in [-0.2, -0.15) is 0 Å². The first-order valence-electron chi connectivity index (χ1n) is 10.0. The summed E-state index contributed by atoms with van der Waals surface area (Å²) in [6, 6.07) is 12.5. The van der Waals surface area contributed by atoms with E-state index in [4.69, 9.17) is 0 Å². The third kappa shape index (κ3) is 5.11. The third-order valence-electron chi connectivity index (χ3n) is 4.75. The summed E-state index contributed by atoms with van der Waals surface area (Å²) in [4.78, 5) is 29.5. The predicted octanol–water partition coefficient (Wildman–Crippen LogP) is 2.98. The number of aliphatic imine (C=N–C) groups is 1. The van der Waals surface area contributed by atoms with Crippen molar-refractivity contribution in [2.45, 2.75) is 38.6 Å². The lowest BCUT2D eigenvalue weighted by atomic mass is 10.0. The van der Waals surface area contributed by atoms with E-state index in [1.165, 1.54) is 6.07 Å². The molecule has 3 N–H and O–H groups in total. The van der Waals surface area contributed by atoms with Gasteiger partial charge >= 0.3 is 0 Å². The summed E-state index contributed by atoms with van der Waals surface area (Å²) in [5.41, 5.74) is 1.52. The monoisotopic (exact) mass is 442 g/mol. The molecule has 1 heterocycles. The van der Waals surface area contributed by atoms with Crippen molar-refractivity contribution in [2.75, 3.05) is 10.6 Å². The second-order valence-corrected chi connectivity index (χ2v) is 9.63. The number of nitrogens with one attached hydrogen (secondary N) is 3. The number of amidine groups is 1. The van der Waals surface area contributed by atoms with Crippen LogP contribution in [0.15, 0.2) is 58.4 Å². The number of rotatable bonds is 6. The maximum Gasteiger partial charge on any atom is 0.263 e. The van der Waals surface area contributed by atoms with Gasteiger partial charge in [0.15, 0.2) is 0 Å². The van der Waals surface area contributed by atoms with Gasteiger partial charge in [0, 0.05) is 22.9 Å². The van der Waals surface area contributed by atoms with Crippen LogP contribution < -0.4 is 15.4 Å². The first-order chi connectivity index (χ1) is 14.6. The minimum Gasteiger partial charge on any atom is -0.326 e. The lowest BCUT2D eigenvalue weighted by Gasteiger charge is -2.18. The van der Waals surface area contributed by atoms with E-state index >= 15 is 0 Å². The lowest BCUT2D eigenvalue weighted by Crippen LogP contribution is -2.34. The minimum absolute atomic E-state index is 0.123. The first kappa shape index (κ1) is 22.5. The topological polar surface area (TPSA) is 117 Å². The van der Waals surface area contributed by atoms with E-state index in [1.54, 1.807) is 56.3 Å². The molecule has 0 fully saturated rings. The summed E-state index contributed by atoms with van der Waals surface area (Å²) in [6.07, 6.45) is 0. The Labute approximate surface area is 182 Å². The standard InChI is InChI=1S/C22H26N4O4S/c1-13(2)19(25-20-17-10-5-6-11-18(17)31(29,30)26-20)22(28)24-16-9-7-8-15(12-16)23-21(27)14(3)4/h5-14,19H,1-4H3,(H,23,27)(H,24,28)(H,25,26)/t19-/m0/s1. The van der Waals surface area contributed by atoms with Crippen molar-refractivity contribution in [3.63, 3.8) is 0 Å². The van der Waals surface area contributed by atoms with Gasteiger partial charge in [0.2, 0.25) is 11.8 Å². The van der Waals surface area contributed by atoms with Crippen molar-refractivity contribution in [3.8, 4) is 0 Å². The fraction of sp³-hybridized carbons (Fsp3) is 0.318. The van der Waals surface area contributed by atoms with Crippen molar-refractivity contribution >= 4 is 39.0 Å². The highest BCUT2D eigenvalue weighted by atomic mass is 32.2. The predicted molar refractivity (Wildman–Crippen MR) is 120 cm³/mol. The van der Waals surface area contributed by atoms with E-state index in [2.05, 4.69) is 20.3 Å². The molecule has 31 heavy (non-hydrogen) atoms. The molecule has 0 radical (unpaired) electrons. The largest absolute Gasteiger partial charge is 0.326 e. The van der Waals surface area contributed by atoms with Gasteiger partial charge in [0.1, 0.15) is 11.9 Å². The molecule has 1 atom stereocenters. The number of hydrogen-bond donors (Lipinski definition) is 3. The van der Waals surface area contributed by atoms with Crippen LogP contribution in [0, 0.1) is 11.8 Å². The summed E-state index contributed by atoms with van der Waals surface area (Å²) in [5.74, 6) is -0.700. The van der Waals surface area contributed by atoms with E-state index in [0.717, 1.165) is 0 Å². The number of amides is 2. The highest BCUT2D eigenvalue weighted by Crippen LogP contribution is 2.24. The van der Waals surface area contributed by atoms with Crippen LogP contribution in [-0.2, 0) is 19.6 Å². The third-order valence-corrected chi connectivity index (χ3v) is 6.15. The minimum atomic E-state index is -3.69. The summed E-state index contributed by atoms with van der Waals surface area (Å²) in [6.45, 7) is 7.26. The van der Waals surface area contributed by atoms with E-state index in [-0.39, 0.29) is 34.4 Å². The normalized spacial score (nSPS) is 16.6. The Hall–Kier alpha value is -3.20. The van der Waals surface area contributed by atoms with E-state index in [1.807, 2.05) is 13.8 Å². The lowest BCUT2D eigenvalue weighted by molar-refractivity contribution is -0.119.